The van der Waals surface area contributed by atoms with Gasteiger partial charge in [0.05, 0.1) is 13.0 Å². The van der Waals surface area contributed by atoms with Crippen LogP contribution in [0.2, 0.25) is 5.02 Å². The number of halogens is 1. The SMILES string of the molecule is CCOC(=O)CCC(=O)N(CCC(=O)Nc1nnc(-c2cccc(Cl)c2)s1)C(C)CC. The third-order valence-electron chi connectivity index (χ3n) is 4.61. The molecule has 1 atom stereocenters. The molecule has 31 heavy (non-hydrogen) atoms. The number of esters is 1. The van der Waals surface area contributed by atoms with Crippen LogP contribution in [-0.2, 0) is 19.1 Å². The summed E-state index contributed by atoms with van der Waals surface area (Å²) in [6, 6.07) is 7.19. The van der Waals surface area contributed by atoms with Crippen LogP contribution in [0.1, 0.15) is 46.5 Å². The first-order valence-electron chi connectivity index (χ1n) is 10.2. The highest BCUT2D eigenvalue weighted by molar-refractivity contribution is 7.18. The number of rotatable bonds is 11. The lowest BCUT2D eigenvalue weighted by Crippen LogP contribution is -2.40. The average molecular weight is 467 g/mol. The van der Waals surface area contributed by atoms with Gasteiger partial charge in [-0.3, -0.25) is 14.4 Å². The van der Waals surface area contributed by atoms with Crippen LogP contribution in [0.3, 0.4) is 0 Å². The molecule has 2 aromatic rings. The summed E-state index contributed by atoms with van der Waals surface area (Å²) in [5, 5.41) is 12.4. The van der Waals surface area contributed by atoms with Gasteiger partial charge >= 0.3 is 5.97 Å². The number of amides is 2. The van der Waals surface area contributed by atoms with Crippen molar-refractivity contribution in [1.82, 2.24) is 15.1 Å². The lowest BCUT2D eigenvalue weighted by atomic mass is 10.1. The number of hydrogen-bond acceptors (Lipinski definition) is 7. The van der Waals surface area contributed by atoms with Gasteiger partial charge in [0.15, 0.2) is 0 Å². The molecule has 1 N–H and O–H groups in total. The van der Waals surface area contributed by atoms with E-state index in [9.17, 15) is 14.4 Å². The van der Waals surface area contributed by atoms with Crippen molar-refractivity contribution in [2.45, 2.75) is 52.5 Å². The van der Waals surface area contributed by atoms with Crippen molar-refractivity contribution >= 4 is 45.9 Å². The van der Waals surface area contributed by atoms with Crippen molar-refractivity contribution in [1.29, 1.82) is 0 Å². The van der Waals surface area contributed by atoms with Gasteiger partial charge in [-0.2, -0.15) is 0 Å². The van der Waals surface area contributed by atoms with Gasteiger partial charge in [-0.25, -0.2) is 0 Å². The zero-order valence-corrected chi connectivity index (χ0v) is 19.5. The minimum atomic E-state index is -0.399. The maximum atomic E-state index is 12.6. The summed E-state index contributed by atoms with van der Waals surface area (Å²) < 4.78 is 4.87. The number of nitrogens with one attached hydrogen (secondary N) is 1. The highest BCUT2D eigenvalue weighted by Gasteiger charge is 2.21. The monoisotopic (exact) mass is 466 g/mol. The van der Waals surface area contributed by atoms with Crippen LogP contribution in [0.5, 0.6) is 0 Å². The summed E-state index contributed by atoms with van der Waals surface area (Å²) in [6.07, 6.45) is 0.945. The standard InChI is InChI=1S/C21H27ClN4O4S/c1-4-14(3)26(18(28)9-10-19(29)30-5-2)12-11-17(27)23-21-25-24-20(31-21)15-7-6-8-16(22)13-15/h6-8,13-14H,4-5,9-12H2,1-3H3,(H,23,25,27). The van der Waals surface area contributed by atoms with Crippen LogP contribution in [0.4, 0.5) is 5.13 Å². The fourth-order valence-corrected chi connectivity index (χ4v) is 3.76. The van der Waals surface area contributed by atoms with Gasteiger partial charge in [-0.15, -0.1) is 10.2 Å². The Morgan fingerprint density at radius 2 is 1.97 bits per heavy atom. The predicted octanol–water partition coefficient (Wildman–Crippen LogP) is 4.16. The number of aromatic nitrogens is 2. The zero-order valence-electron chi connectivity index (χ0n) is 17.9. The molecule has 1 unspecified atom stereocenters. The van der Waals surface area contributed by atoms with Crippen LogP contribution in [-0.4, -0.2) is 52.1 Å². The van der Waals surface area contributed by atoms with E-state index >= 15 is 0 Å². The molecule has 1 heterocycles. The van der Waals surface area contributed by atoms with Gasteiger partial charge in [0.1, 0.15) is 5.01 Å². The first-order valence-corrected chi connectivity index (χ1v) is 11.4. The van der Waals surface area contributed by atoms with Crippen molar-refractivity contribution in [3.63, 3.8) is 0 Å². The van der Waals surface area contributed by atoms with E-state index in [2.05, 4.69) is 15.5 Å². The van der Waals surface area contributed by atoms with E-state index in [4.69, 9.17) is 16.3 Å². The first-order chi connectivity index (χ1) is 14.8. The second-order valence-corrected chi connectivity index (χ2v) is 8.28. The van der Waals surface area contributed by atoms with Gasteiger partial charge in [0.2, 0.25) is 16.9 Å². The predicted molar refractivity (Wildman–Crippen MR) is 121 cm³/mol. The highest BCUT2D eigenvalue weighted by atomic mass is 35.5. The third kappa shape index (κ3) is 7.91. The van der Waals surface area contributed by atoms with Crippen molar-refractivity contribution in [2.75, 3.05) is 18.5 Å². The highest BCUT2D eigenvalue weighted by Crippen LogP contribution is 2.28. The van der Waals surface area contributed by atoms with E-state index in [-0.39, 0.29) is 50.3 Å². The van der Waals surface area contributed by atoms with Gasteiger partial charge in [-0.1, -0.05) is 42.0 Å². The van der Waals surface area contributed by atoms with E-state index in [0.29, 0.717) is 15.2 Å². The van der Waals surface area contributed by atoms with E-state index < -0.39 is 5.97 Å². The zero-order chi connectivity index (χ0) is 22.8. The van der Waals surface area contributed by atoms with Crippen LogP contribution in [0.25, 0.3) is 10.6 Å². The molecule has 168 valence electrons. The molecule has 0 fully saturated rings. The summed E-state index contributed by atoms with van der Waals surface area (Å²) in [4.78, 5) is 38.1. The van der Waals surface area contributed by atoms with Crippen molar-refractivity contribution in [3.05, 3.63) is 29.3 Å². The second kappa shape index (κ2) is 12.4. The van der Waals surface area contributed by atoms with E-state index in [1.165, 1.54) is 11.3 Å². The molecule has 1 aromatic heterocycles. The molecule has 10 heteroatoms. The summed E-state index contributed by atoms with van der Waals surface area (Å²) in [5.74, 6) is -0.834. The molecule has 0 saturated heterocycles. The van der Waals surface area contributed by atoms with Crippen LogP contribution in [0, 0.1) is 0 Å². The summed E-state index contributed by atoms with van der Waals surface area (Å²) in [6.45, 7) is 6.15. The quantitative estimate of drug-likeness (QED) is 0.499. The van der Waals surface area contributed by atoms with Crippen molar-refractivity contribution < 1.29 is 19.1 Å². The maximum Gasteiger partial charge on any atom is 0.306 e. The molecule has 8 nitrogen and oxygen atoms in total. The molecule has 0 spiro atoms. The topological polar surface area (TPSA) is 101 Å². The smallest absolute Gasteiger partial charge is 0.306 e. The molecule has 0 bridgehead atoms. The third-order valence-corrected chi connectivity index (χ3v) is 5.74. The Balaban J connectivity index is 1.91. The number of anilines is 1. The molecule has 1 aromatic carbocycles. The number of hydrogen-bond donors (Lipinski definition) is 1. The number of carbonyl (C=O) groups is 3. The Morgan fingerprint density at radius 3 is 2.65 bits per heavy atom. The van der Waals surface area contributed by atoms with Gasteiger partial charge in [0.25, 0.3) is 0 Å². The molecule has 0 aliphatic heterocycles. The maximum absolute atomic E-state index is 12.6. The molecule has 0 aliphatic rings. The molecular formula is C21H27ClN4O4S. The fraction of sp³-hybridized carbons (Fsp3) is 0.476. The Labute approximate surface area is 190 Å². The lowest BCUT2D eigenvalue weighted by Gasteiger charge is -2.28. The average Bonchev–Trinajstić information content (AvgIpc) is 3.20. The molecule has 0 aliphatic carbocycles. The molecule has 2 amide bonds. The van der Waals surface area contributed by atoms with Gasteiger partial charge in [0, 0.05) is 36.0 Å². The minimum absolute atomic E-state index is 0.0306. The van der Waals surface area contributed by atoms with E-state index in [0.717, 1.165) is 12.0 Å². The Bertz CT molecular complexity index is 905. The molecular weight excluding hydrogens is 440 g/mol. The summed E-state index contributed by atoms with van der Waals surface area (Å²) >= 11 is 7.25. The van der Waals surface area contributed by atoms with Crippen molar-refractivity contribution in [2.24, 2.45) is 0 Å². The normalized spacial score (nSPS) is 11.6. The number of carbonyl (C=O) groups excluding carboxylic acids is 3. The van der Waals surface area contributed by atoms with Crippen LogP contribution in [0.15, 0.2) is 24.3 Å². The summed E-state index contributed by atoms with van der Waals surface area (Å²) in [7, 11) is 0. The minimum Gasteiger partial charge on any atom is -0.466 e. The Kier molecular flexibility index (Phi) is 9.87. The van der Waals surface area contributed by atoms with Crippen molar-refractivity contribution in [3.8, 4) is 10.6 Å². The van der Waals surface area contributed by atoms with Gasteiger partial charge in [-0.05, 0) is 32.4 Å². The van der Waals surface area contributed by atoms with E-state index in [1.54, 1.807) is 24.0 Å². The Morgan fingerprint density at radius 1 is 1.19 bits per heavy atom. The fourth-order valence-electron chi connectivity index (χ4n) is 2.81. The largest absolute Gasteiger partial charge is 0.466 e. The molecule has 2 rings (SSSR count). The number of nitrogens with zero attached hydrogens (tertiary/aromatic N) is 3. The molecule has 0 saturated carbocycles. The van der Waals surface area contributed by atoms with Gasteiger partial charge < -0.3 is 15.0 Å². The number of benzene rings is 1. The van der Waals surface area contributed by atoms with Crippen LogP contribution < -0.4 is 5.32 Å². The van der Waals surface area contributed by atoms with E-state index in [1.807, 2.05) is 26.0 Å². The first kappa shape index (κ1) is 24.7. The molecule has 0 radical (unpaired) electrons. The summed E-state index contributed by atoms with van der Waals surface area (Å²) in [5.41, 5.74) is 0.820. The van der Waals surface area contributed by atoms with Crippen LogP contribution >= 0.6 is 22.9 Å². The lowest BCUT2D eigenvalue weighted by molar-refractivity contribution is -0.146. The second-order valence-electron chi connectivity index (χ2n) is 6.87. The Hall–Kier alpha value is -2.52. The number of ether oxygens (including phenoxy) is 1.